The first-order valence-electron chi connectivity index (χ1n) is 6.22. The standard InChI is InChI=1S/C13H17N3OS3/c1-3-17-11-7-5-4-6-9(11)10(14)8-19-13-16-15-12(18-2)20-13/h4-7,10H,3,8,14H2,1-2H3. The number of thioether (sulfide) groups is 2. The Balaban J connectivity index is 1.99. The van der Waals surface area contributed by atoms with Gasteiger partial charge < -0.3 is 10.5 Å². The monoisotopic (exact) mass is 327 g/mol. The highest BCUT2D eigenvalue weighted by atomic mass is 32.2. The molecule has 1 aromatic heterocycles. The van der Waals surface area contributed by atoms with Crippen molar-refractivity contribution in [3.05, 3.63) is 29.8 Å². The summed E-state index contributed by atoms with van der Waals surface area (Å²) in [5.74, 6) is 1.62. The van der Waals surface area contributed by atoms with Crippen molar-refractivity contribution in [2.75, 3.05) is 18.6 Å². The van der Waals surface area contributed by atoms with Gasteiger partial charge in [0.1, 0.15) is 5.75 Å². The summed E-state index contributed by atoms with van der Waals surface area (Å²) in [6.07, 6.45) is 2.00. The van der Waals surface area contributed by atoms with E-state index in [1.54, 1.807) is 34.9 Å². The van der Waals surface area contributed by atoms with Gasteiger partial charge in [-0.3, -0.25) is 0 Å². The Morgan fingerprint density at radius 2 is 2.05 bits per heavy atom. The zero-order valence-electron chi connectivity index (χ0n) is 11.4. The summed E-state index contributed by atoms with van der Waals surface area (Å²) in [6.45, 7) is 2.62. The van der Waals surface area contributed by atoms with Crippen molar-refractivity contribution < 1.29 is 4.74 Å². The quantitative estimate of drug-likeness (QED) is 0.786. The maximum Gasteiger partial charge on any atom is 0.175 e. The van der Waals surface area contributed by atoms with Gasteiger partial charge >= 0.3 is 0 Å². The van der Waals surface area contributed by atoms with Crippen molar-refractivity contribution >= 4 is 34.9 Å². The Morgan fingerprint density at radius 1 is 1.30 bits per heavy atom. The zero-order valence-corrected chi connectivity index (χ0v) is 13.9. The third-order valence-corrected chi connectivity index (χ3v) is 5.72. The molecule has 0 radical (unpaired) electrons. The molecular formula is C13H17N3OS3. The van der Waals surface area contributed by atoms with Crippen LogP contribution in [-0.4, -0.2) is 28.8 Å². The Morgan fingerprint density at radius 3 is 2.75 bits per heavy atom. The molecule has 0 fully saturated rings. The fourth-order valence-corrected chi connectivity index (χ4v) is 4.10. The van der Waals surface area contributed by atoms with Crippen molar-refractivity contribution in [2.45, 2.75) is 21.6 Å². The van der Waals surface area contributed by atoms with Gasteiger partial charge in [-0.05, 0) is 19.2 Å². The van der Waals surface area contributed by atoms with Gasteiger partial charge in [0.05, 0.1) is 6.61 Å². The lowest BCUT2D eigenvalue weighted by molar-refractivity contribution is 0.335. The third-order valence-electron chi connectivity index (χ3n) is 2.57. The summed E-state index contributed by atoms with van der Waals surface area (Å²) in [7, 11) is 0. The first-order valence-corrected chi connectivity index (χ1v) is 9.24. The minimum atomic E-state index is -0.0793. The number of rotatable bonds is 7. The molecule has 1 aromatic carbocycles. The minimum absolute atomic E-state index is 0.0793. The van der Waals surface area contributed by atoms with Gasteiger partial charge in [-0.15, -0.1) is 10.2 Å². The van der Waals surface area contributed by atoms with Gasteiger partial charge in [0.2, 0.25) is 0 Å². The van der Waals surface area contributed by atoms with Crippen molar-refractivity contribution in [1.29, 1.82) is 0 Å². The van der Waals surface area contributed by atoms with E-state index in [4.69, 9.17) is 10.5 Å². The molecule has 0 bridgehead atoms. The minimum Gasteiger partial charge on any atom is -0.494 e. The summed E-state index contributed by atoms with van der Waals surface area (Å²) < 4.78 is 7.55. The molecule has 2 N–H and O–H groups in total. The van der Waals surface area contributed by atoms with Gasteiger partial charge in [0.15, 0.2) is 8.68 Å². The van der Waals surface area contributed by atoms with E-state index in [9.17, 15) is 0 Å². The maximum absolute atomic E-state index is 6.26. The van der Waals surface area contributed by atoms with Gasteiger partial charge in [-0.25, -0.2) is 0 Å². The molecule has 20 heavy (non-hydrogen) atoms. The van der Waals surface area contributed by atoms with Crippen LogP contribution >= 0.6 is 34.9 Å². The van der Waals surface area contributed by atoms with E-state index < -0.39 is 0 Å². The second-order valence-corrected chi connectivity index (χ2v) is 7.22. The van der Waals surface area contributed by atoms with Crippen LogP contribution in [0, 0.1) is 0 Å². The van der Waals surface area contributed by atoms with E-state index in [2.05, 4.69) is 10.2 Å². The topological polar surface area (TPSA) is 61.0 Å². The highest BCUT2D eigenvalue weighted by Crippen LogP contribution is 2.31. The van der Waals surface area contributed by atoms with Gasteiger partial charge in [-0.2, -0.15) is 0 Å². The van der Waals surface area contributed by atoms with E-state index in [1.807, 2.05) is 37.4 Å². The van der Waals surface area contributed by atoms with Crippen molar-refractivity contribution in [1.82, 2.24) is 10.2 Å². The van der Waals surface area contributed by atoms with Crippen LogP contribution in [0.1, 0.15) is 18.5 Å². The van der Waals surface area contributed by atoms with E-state index in [1.165, 1.54) is 0 Å². The van der Waals surface area contributed by atoms with Crippen LogP contribution in [0.3, 0.4) is 0 Å². The van der Waals surface area contributed by atoms with Crippen LogP contribution in [0.5, 0.6) is 5.75 Å². The van der Waals surface area contributed by atoms with E-state index in [-0.39, 0.29) is 6.04 Å². The highest BCUT2D eigenvalue weighted by Gasteiger charge is 2.13. The van der Waals surface area contributed by atoms with Crippen LogP contribution in [0.2, 0.25) is 0 Å². The molecule has 2 rings (SSSR count). The Hall–Kier alpha value is -0.760. The molecule has 0 saturated heterocycles. The van der Waals surface area contributed by atoms with Crippen molar-refractivity contribution in [3.8, 4) is 5.75 Å². The highest BCUT2D eigenvalue weighted by molar-refractivity contribution is 8.02. The molecule has 0 amide bonds. The SMILES string of the molecule is CCOc1ccccc1C(N)CSc1nnc(SC)s1. The summed E-state index contributed by atoms with van der Waals surface area (Å²) in [6, 6.07) is 7.84. The van der Waals surface area contributed by atoms with E-state index >= 15 is 0 Å². The molecular weight excluding hydrogens is 310 g/mol. The van der Waals surface area contributed by atoms with Crippen molar-refractivity contribution in [3.63, 3.8) is 0 Å². The van der Waals surface area contributed by atoms with E-state index in [0.717, 1.165) is 25.7 Å². The summed E-state index contributed by atoms with van der Waals surface area (Å²) in [5, 5.41) is 8.21. The summed E-state index contributed by atoms with van der Waals surface area (Å²) in [5.41, 5.74) is 7.30. The lowest BCUT2D eigenvalue weighted by Crippen LogP contribution is -2.14. The number of nitrogens with zero attached hydrogens (tertiary/aromatic N) is 2. The Labute approximate surface area is 131 Å². The molecule has 1 atom stereocenters. The molecule has 0 aliphatic heterocycles. The summed E-state index contributed by atoms with van der Waals surface area (Å²) in [4.78, 5) is 0. The van der Waals surface area contributed by atoms with Crippen molar-refractivity contribution in [2.24, 2.45) is 5.73 Å². The number of ether oxygens (including phenoxy) is 1. The molecule has 0 saturated carbocycles. The van der Waals surface area contributed by atoms with Gasteiger partial charge in [0, 0.05) is 17.4 Å². The first-order chi connectivity index (χ1) is 9.74. The first kappa shape index (κ1) is 15.6. The molecule has 0 aliphatic carbocycles. The average molecular weight is 328 g/mol. The van der Waals surface area contributed by atoms with Gasteiger partial charge in [-0.1, -0.05) is 53.1 Å². The predicted octanol–water partition coefficient (Wildman–Crippen LogP) is 3.45. The van der Waals surface area contributed by atoms with E-state index in [0.29, 0.717) is 6.61 Å². The third kappa shape index (κ3) is 4.12. The summed E-state index contributed by atoms with van der Waals surface area (Å²) >= 11 is 4.85. The molecule has 2 aromatic rings. The fraction of sp³-hybridized carbons (Fsp3) is 0.385. The average Bonchev–Trinajstić information content (AvgIpc) is 2.94. The molecule has 4 nitrogen and oxygen atoms in total. The van der Waals surface area contributed by atoms with Crippen LogP contribution in [0.15, 0.2) is 32.9 Å². The fourth-order valence-electron chi connectivity index (χ4n) is 1.66. The zero-order chi connectivity index (χ0) is 14.4. The largest absolute Gasteiger partial charge is 0.494 e. The van der Waals surface area contributed by atoms with Crippen LogP contribution < -0.4 is 10.5 Å². The lowest BCUT2D eigenvalue weighted by atomic mass is 10.1. The Kier molecular flexibility index (Phi) is 6.15. The van der Waals surface area contributed by atoms with Crippen LogP contribution in [0.25, 0.3) is 0 Å². The number of hydrogen-bond donors (Lipinski definition) is 1. The number of hydrogen-bond acceptors (Lipinski definition) is 7. The molecule has 0 aliphatic rings. The normalized spacial score (nSPS) is 12.3. The van der Waals surface area contributed by atoms with Crippen LogP contribution in [0.4, 0.5) is 0 Å². The van der Waals surface area contributed by atoms with Gasteiger partial charge in [0.25, 0.3) is 0 Å². The second-order valence-electron chi connectivity index (χ2n) is 3.93. The Bertz CT molecular complexity index is 547. The molecule has 1 heterocycles. The maximum atomic E-state index is 6.26. The smallest absolute Gasteiger partial charge is 0.175 e. The number of nitrogens with two attached hydrogens (primary N) is 1. The molecule has 0 spiro atoms. The number of para-hydroxylation sites is 1. The number of benzene rings is 1. The predicted molar refractivity (Wildman–Crippen MR) is 87.0 cm³/mol. The molecule has 1 unspecified atom stereocenters. The van der Waals surface area contributed by atoms with Crippen LogP contribution in [-0.2, 0) is 0 Å². The number of aromatic nitrogens is 2. The second kappa shape index (κ2) is 7.87. The molecule has 108 valence electrons. The molecule has 7 heteroatoms. The lowest BCUT2D eigenvalue weighted by Gasteiger charge is -2.15.